The Hall–Kier alpha value is -3.44. The van der Waals surface area contributed by atoms with Gasteiger partial charge in [-0.3, -0.25) is 0 Å². The van der Waals surface area contributed by atoms with E-state index in [0.29, 0.717) is 0 Å². The minimum Gasteiger partial charge on any atom is -0.497 e. The number of piperazine rings is 1. The van der Waals surface area contributed by atoms with Gasteiger partial charge in [0.2, 0.25) is 0 Å². The molecule has 0 radical (unpaired) electrons. The summed E-state index contributed by atoms with van der Waals surface area (Å²) in [7, 11) is 5.59. The monoisotopic (exact) mass is 441 g/mol. The van der Waals surface area contributed by atoms with E-state index in [1.165, 1.54) is 22.6 Å². The van der Waals surface area contributed by atoms with Crippen molar-refractivity contribution in [2.75, 3.05) is 57.2 Å². The maximum Gasteiger partial charge on any atom is 0.126 e. The van der Waals surface area contributed by atoms with E-state index >= 15 is 0 Å². The molecule has 0 aromatic heterocycles. The molecule has 5 heteroatoms. The van der Waals surface area contributed by atoms with Crippen LogP contribution in [0.2, 0.25) is 0 Å². The van der Waals surface area contributed by atoms with Crippen LogP contribution in [0.15, 0.2) is 72.9 Å². The fraction of sp³-hybridized carbons (Fsp3) is 0.286. The second-order valence-corrected chi connectivity index (χ2v) is 8.68. The summed E-state index contributed by atoms with van der Waals surface area (Å²) >= 11 is 0. The van der Waals surface area contributed by atoms with Crippen molar-refractivity contribution in [2.45, 2.75) is 6.42 Å². The van der Waals surface area contributed by atoms with E-state index in [4.69, 9.17) is 9.47 Å². The highest BCUT2D eigenvalue weighted by atomic mass is 16.5. The van der Waals surface area contributed by atoms with Gasteiger partial charge in [-0.15, -0.1) is 0 Å². The van der Waals surface area contributed by atoms with Gasteiger partial charge in [-0.2, -0.15) is 0 Å². The predicted molar refractivity (Wildman–Crippen MR) is 136 cm³/mol. The van der Waals surface area contributed by atoms with Crippen LogP contribution in [0.25, 0.3) is 11.1 Å². The molecule has 33 heavy (non-hydrogen) atoms. The molecule has 2 aliphatic rings. The Bertz CT molecular complexity index is 1150. The van der Waals surface area contributed by atoms with Crippen molar-refractivity contribution in [3.05, 3.63) is 78.5 Å². The highest BCUT2D eigenvalue weighted by Crippen LogP contribution is 2.39. The van der Waals surface area contributed by atoms with Crippen LogP contribution in [-0.2, 0) is 6.42 Å². The minimum absolute atomic E-state index is 0.825. The lowest BCUT2D eigenvalue weighted by molar-refractivity contribution is 0.313. The maximum absolute atomic E-state index is 5.61. The van der Waals surface area contributed by atoms with Crippen LogP contribution in [-0.4, -0.2) is 52.3 Å². The van der Waals surface area contributed by atoms with Gasteiger partial charge >= 0.3 is 0 Å². The minimum atomic E-state index is 0.825. The van der Waals surface area contributed by atoms with E-state index in [9.17, 15) is 0 Å². The molecule has 5 rings (SSSR count). The molecule has 1 saturated heterocycles. The summed E-state index contributed by atoms with van der Waals surface area (Å²) in [5, 5.41) is 0. The van der Waals surface area contributed by atoms with E-state index in [1.54, 1.807) is 14.2 Å². The molecule has 0 amide bonds. The first-order valence-corrected chi connectivity index (χ1v) is 11.5. The van der Waals surface area contributed by atoms with Crippen molar-refractivity contribution in [1.82, 2.24) is 4.90 Å². The average molecular weight is 442 g/mol. The number of nitrogens with zero attached hydrogens (tertiary/aromatic N) is 3. The summed E-state index contributed by atoms with van der Waals surface area (Å²) in [5.74, 6) is 1.67. The maximum atomic E-state index is 5.61. The first-order valence-electron chi connectivity index (χ1n) is 11.5. The number of methoxy groups -OCH3 is 2. The van der Waals surface area contributed by atoms with Crippen molar-refractivity contribution in [1.29, 1.82) is 0 Å². The number of benzene rings is 3. The Kier molecular flexibility index (Phi) is 5.97. The van der Waals surface area contributed by atoms with Gasteiger partial charge in [0, 0.05) is 55.0 Å². The van der Waals surface area contributed by atoms with E-state index in [0.717, 1.165) is 55.2 Å². The third-order valence-corrected chi connectivity index (χ3v) is 6.65. The summed E-state index contributed by atoms with van der Waals surface area (Å²) in [5.41, 5.74) is 7.16. The highest BCUT2D eigenvalue weighted by molar-refractivity contribution is 5.79. The zero-order valence-corrected chi connectivity index (χ0v) is 19.6. The summed E-state index contributed by atoms with van der Waals surface area (Å²) in [6, 6.07) is 21.5. The van der Waals surface area contributed by atoms with Gasteiger partial charge in [0.25, 0.3) is 0 Å². The molecule has 0 N–H and O–H groups in total. The van der Waals surface area contributed by atoms with Crippen LogP contribution in [0.1, 0.15) is 5.56 Å². The van der Waals surface area contributed by atoms with Gasteiger partial charge < -0.3 is 24.2 Å². The first kappa shape index (κ1) is 21.4. The van der Waals surface area contributed by atoms with E-state index in [2.05, 4.69) is 76.5 Å². The summed E-state index contributed by atoms with van der Waals surface area (Å²) in [4.78, 5) is 7.13. The average Bonchev–Trinajstić information content (AvgIpc) is 2.88. The normalized spacial score (nSPS) is 16.0. The molecule has 2 aliphatic heterocycles. The number of rotatable bonds is 5. The number of likely N-dealkylation sites (N-methyl/N-ethyl adjacent to an activating group) is 1. The van der Waals surface area contributed by atoms with Crippen LogP contribution in [0.4, 0.5) is 17.1 Å². The molecule has 1 fully saturated rings. The zero-order valence-electron chi connectivity index (χ0n) is 19.6. The first-order chi connectivity index (χ1) is 16.2. The topological polar surface area (TPSA) is 28.2 Å². The number of allylic oxidation sites excluding steroid dienone is 1. The van der Waals surface area contributed by atoms with E-state index in [-0.39, 0.29) is 0 Å². The molecule has 0 unspecified atom stereocenters. The molecule has 0 bridgehead atoms. The Morgan fingerprint density at radius 3 is 2.24 bits per heavy atom. The van der Waals surface area contributed by atoms with E-state index < -0.39 is 0 Å². The third-order valence-electron chi connectivity index (χ3n) is 6.65. The lowest BCUT2D eigenvalue weighted by atomic mass is 9.97. The lowest BCUT2D eigenvalue weighted by Crippen LogP contribution is -2.44. The molecular weight excluding hydrogens is 410 g/mol. The summed E-state index contributed by atoms with van der Waals surface area (Å²) < 4.78 is 11.1. The van der Waals surface area contributed by atoms with Crippen molar-refractivity contribution in [2.24, 2.45) is 0 Å². The van der Waals surface area contributed by atoms with Crippen molar-refractivity contribution in [3.63, 3.8) is 0 Å². The van der Waals surface area contributed by atoms with Crippen LogP contribution < -0.4 is 19.3 Å². The van der Waals surface area contributed by atoms with Crippen molar-refractivity contribution >= 4 is 17.1 Å². The van der Waals surface area contributed by atoms with Crippen molar-refractivity contribution in [3.8, 4) is 22.6 Å². The molecule has 5 nitrogen and oxygen atoms in total. The quantitative estimate of drug-likeness (QED) is 0.534. The third kappa shape index (κ3) is 4.29. The molecule has 0 saturated carbocycles. The largest absolute Gasteiger partial charge is 0.497 e. The molecule has 3 aromatic carbocycles. The molecule has 2 heterocycles. The molecule has 0 atom stereocenters. The van der Waals surface area contributed by atoms with Gasteiger partial charge in [-0.05, 0) is 79.2 Å². The second-order valence-electron chi connectivity index (χ2n) is 8.68. The van der Waals surface area contributed by atoms with Crippen LogP contribution in [0.3, 0.4) is 0 Å². The summed E-state index contributed by atoms with van der Waals surface area (Å²) in [6.07, 6.45) is 5.31. The van der Waals surface area contributed by atoms with Crippen LogP contribution >= 0.6 is 0 Å². The SMILES string of the molecule is COc1ccc(OC)c(-c2ccc3c(c2)CC=CN3c2ccc(N3CCN(C)CC3)cc2)c1. The van der Waals surface area contributed by atoms with E-state index in [1.807, 2.05) is 18.2 Å². The van der Waals surface area contributed by atoms with Gasteiger partial charge in [0.15, 0.2) is 0 Å². The number of hydrogen-bond acceptors (Lipinski definition) is 5. The van der Waals surface area contributed by atoms with Gasteiger partial charge in [-0.1, -0.05) is 12.1 Å². The second kappa shape index (κ2) is 9.20. The lowest BCUT2D eigenvalue weighted by Gasteiger charge is -2.34. The fourth-order valence-corrected chi connectivity index (χ4v) is 4.67. The Morgan fingerprint density at radius 1 is 0.758 bits per heavy atom. The molecule has 0 spiro atoms. The van der Waals surface area contributed by atoms with Crippen LogP contribution in [0.5, 0.6) is 11.5 Å². The Balaban J connectivity index is 1.42. The fourth-order valence-electron chi connectivity index (χ4n) is 4.67. The zero-order chi connectivity index (χ0) is 22.8. The van der Waals surface area contributed by atoms with Crippen LogP contribution in [0, 0.1) is 0 Å². The number of fused-ring (bicyclic) bond motifs is 1. The Morgan fingerprint density at radius 2 is 1.52 bits per heavy atom. The van der Waals surface area contributed by atoms with Gasteiger partial charge in [0.1, 0.15) is 11.5 Å². The summed E-state index contributed by atoms with van der Waals surface area (Å²) in [6.45, 7) is 4.40. The standard InChI is InChI=1S/C28H31N3O2/c1-29-15-17-30(18-16-29)23-7-9-24(10-8-23)31-14-4-5-22-19-21(6-12-27(22)31)26-20-25(32-2)11-13-28(26)33-3/h4,6-14,19-20H,5,15-18H2,1-3H3. The highest BCUT2D eigenvalue weighted by Gasteiger charge is 2.18. The number of hydrogen-bond donors (Lipinski definition) is 0. The molecular formula is C28H31N3O2. The van der Waals surface area contributed by atoms with Gasteiger partial charge in [0.05, 0.1) is 14.2 Å². The Labute approximate surface area is 196 Å². The van der Waals surface area contributed by atoms with Crippen molar-refractivity contribution < 1.29 is 9.47 Å². The smallest absolute Gasteiger partial charge is 0.126 e. The molecule has 170 valence electrons. The predicted octanol–water partition coefficient (Wildman–Crippen LogP) is 5.33. The molecule has 0 aliphatic carbocycles. The number of anilines is 3. The number of ether oxygens (including phenoxy) is 2. The van der Waals surface area contributed by atoms with Gasteiger partial charge in [-0.25, -0.2) is 0 Å². The molecule has 3 aromatic rings.